The molecule has 7 heteroatoms. The van der Waals surface area contributed by atoms with E-state index in [0.717, 1.165) is 5.56 Å². The van der Waals surface area contributed by atoms with E-state index in [1.807, 2.05) is 18.2 Å². The molecule has 0 spiro atoms. The van der Waals surface area contributed by atoms with Crippen LogP contribution in [0.3, 0.4) is 0 Å². The second-order valence-corrected chi connectivity index (χ2v) is 6.09. The predicted octanol–water partition coefficient (Wildman–Crippen LogP) is 0.373. The Bertz CT molecular complexity index is 445. The zero-order valence-electron chi connectivity index (χ0n) is 10.6. The van der Waals surface area contributed by atoms with Crippen LogP contribution in [0.2, 0.25) is 5.02 Å². The third kappa shape index (κ3) is 3.46. The Morgan fingerprint density at radius 3 is 2.45 bits per heavy atom. The van der Waals surface area contributed by atoms with Crippen molar-refractivity contribution in [1.82, 2.24) is 0 Å². The first-order chi connectivity index (χ1) is 9.54. The molecule has 1 heterocycles. The molecule has 0 unspecified atom stereocenters. The predicted molar refractivity (Wildman–Crippen MR) is 76.5 cm³/mol. The number of aliphatic hydroxyl groups excluding tert-OH is 4. The highest BCUT2D eigenvalue weighted by Gasteiger charge is 2.43. The summed E-state index contributed by atoms with van der Waals surface area (Å²) in [6.45, 7) is -0.423. The molecule has 1 aliphatic rings. The van der Waals surface area contributed by atoms with Crippen molar-refractivity contribution in [2.75, 3.05) is 6.61 Å². The molecule has 4 N–H and O–H groups in total. The van der Waals surface area contributed by atoms with Crippen molar-refractivity contribution in [2.24, 2.45) is 0 Å². The first-order valence-electron chi connectivity index (χ1n) is 6.20. The van der Waals surface area contributed by atoms with Crippen LogP contribution >= 0.6 is 23.4 Å². The van der Waals surface area contributed by atoms with Crippen molar-refractivity contribution in [3.8, 4) is 0 Å². The lowest BCUT2D eigenvalue weighted by molar-refractivity contribution is -0.205. The summed E-state index contributed by atoms with van der Waals surface area (Å²) in [5.41, 5.74) is 0.151. The van der Waals surface area contributed by atoms with E-state index in [1.54, 1.807) is 6.07 Å². The number of thioether (sulfide) groups is 1. The van der Waals surface area contributed by atoms with Gasteiger partial charge in [0, 0.05) is 10.8 Å². The minimum Gasteiger partial charge on any atom is -0.394 e. The van der Waals surface area contributed by atoms with Crippen molar-refractivity contribution in [3.05, 3.63) is 34.9 Å². The van der Waals surface area contributed by atoms with Gasteiger partial charge in [0.1, 0.15) is 29.9 Å². The van der Waals surface area contributed by atoms with Gasteiger partial charge in [-0.25, -0.2) is 0 Å². The van der Waals surface area contributed by atoms with Crippen LogP contribution < -0.4 is 0 Å². The van der Waals surface area contributed by atoms with Crippen LogP contribution in [-0.4, -0.2) is 56.9 Å². The number of hydrogen-bond donors (Lipinski definition) is 4. The Hall–Kier alpha value is -0.340. The maximum Gasteiger partial charge on any atom is 0.132 e. The summed E-state index contributed by atoms with van der Waals surface area (Å²) >= 11 is 7.30. The molecule has 0 bridgehead atoms. The number of halogens is 1. The molecule has 1 saturated heterocycles. The molecule has 0 aliphatic carbocycles. The van der Waals surface area contributed by atoms with Crippen LogP contribution in [0, 0.1) is 0 Å². The second-order valence-electron chi connectivity index (χ2n) is 4.60. The van der Waals surface area contributed by atoms with Crippen molar-refractivity contribution in [1.29, 1.82) is 0 Å². The van der Waals surface area contributed by atoms with E-state index in [-0.39, 0.29) is 0 Å². The summed E-state index contributed by atoms with van der Waals surface area (Å²) in [4.78, 5) is 0. The van der Waals surface area contributed by atoms with Gasteiger partial charge in [-0.1, -0.05) is 29.8 Å². The highest BCUT2D eigenvalue weighted by molar-refractivity contribution is 7.99. The lowest BCUT2D eigenvalue weighted by Gasteiger charge is -2.39. The Labute approximate surface area is 126 Å². The first-order valence-corrected chi connectivity index (χ1v) is 7.62. The van der Waals surface area contributed by atoms with E-state index in [0.29, 0.717) is 10.8 Å². The smallest absolute Gasteiger partial charge is 0.132 e. The maximum absolute atomic E-state index is 9.90. The molecular weight excluding hydrogens is 304 g/mol. The van der Waals surface area contributed by atoms with Crippen molar-refractivity contribution in [3.63, 3.8) is 0 Å². The molecule has 0 aromatic heterocycles. The fraction of sp³-hybridized carbons (Fsp3) is 0.538. The van der Waals surface area contributed by atoms with E-state index < -0.39 is 36.5 Å². The molecule has 1 fully saturated rings. The summed E-state index contributed by atoms with van der Waals surface area (Å²) in [7, 11) is 0. The fourth-order valence-corrected chi connectivity index (χ4v) is 3.45. The quantitative estimate of drug-likeness (QED) is 0.641. The molecule has 112 valence electrons. The summed E-state index contributed by atoms with van der Waals surface area (Å²) in [5, 5.41) is 39.0. The molecule has 1 aliphatic heterocycles. The Morgan fingerprint density at radius 2 is 1.80 bits per heavy atom. The third-order valence-corrected chi connectivity index (χ3v) is 4.77. The normalized spacial score (nSPS) is 34.1. The minimum atomic E-state index is -1.34. The van der Waals surface area contributed by atoms with Crippen LogP contribution in [0.5, 0.6) is 0 Å². The van der Waals surface area contributed by atoms with Crippen molar-refractivity contribution >= 4 is 23.4 Å². The Kier molecular flexibility index (Phi) is 5.68. The highest BCUT2D eigenvalue weighted by Crippen LogP contribution is 2.31. The monoisotopic (exact) mass is 320 g/mol. The molecule has 1 aromatic rings. The van der Waals surface area contributed by atoms with E-state index >= 15 is 0 Å². The fourth-order valence-electron chi connectivity index (χ4n) is 1.99. The average molecular weight is 321 g/mol. The highest BCUT2D eigenvalue weighted by atomic mass is 35.5. The van der Waals surface area contributed by atoms with Gasteiger partial charge < -0.3 is 25.2 Å². The number of rotatable bonds is 4. The summed E-state index contributed by atoms with van der Waals surface area (Å²) in [6, 6.07) is 7.31. The van der Waals surface area contributed by atoms with Crippen molar-refractivity contribution < 1.29 is 25.2 Å². The molecular formula is C13H17ClO5S. The van der Waals surface area contributed by atoms with Gasteiger partial charge in [-0.15, -0.1) is 11.8 Å². The standard InChI is InChI=1S/C13H17ClO5S/c14-8-4-2-1-3-7(8)6-20-13-12(18)11(17)10(16)9(5-15)19-13/h1-4,9-13,15-18H,5-6H2/t9-,10-,11+,12-,13+/m1/s1. The maximum atomic E-state index is 9.90. The van der Waals surface area contributed by atoms with E-state index in [4.69, 9.17) is 21.4 Å². The first kappa shape index (κ1) is 16.0. The summed E-state index contributed by atoms with van der Waals surface area (Å²) in [6.07, 6.45) is -4.77. The summed E-state index contributed by atoms with van der Waals surface area (Å²) < 4.78 is 5.40. The number of ether oxygens (including phenoxy) is 1. The molecule has 0 amide bonds. The molecule has 2 rings (SSSR count). The zero-order chi connectivity index (χ0) is 14.7. The zero-order valence-corrected chi connectivity index (χ0v) is 12.2. The lowest BCUT2D eigenvalue weighted by atomic mass is 10.0. The summed E-state index contributed by atoms with van der Waals surface area (Å²) in [5.74, 6) is 0.488. The molecule has 0 radical (unpaired) electrons. The minimum absolute atomic E-state index is 0.423. The van der Waals surface area contributed by atoms with Gasteiger partial charge in [0.25, 0.3) is 0 Å². The lowest BCUT2D eigenvalue weighted by Crippen LogP contribution is -2.57. The third-order valence-electron chi connectivity index (χ3n) is 3.21. The second kappa shape index (κ2) is 7.09. The Morgan fingerprint density at radius 1 is 1.10 bits per heavy atom. The van der Waals surface area contributed by atoms with E-state index in [1.165, 1.54) is 11.8 Å². The van der Waals surface area contributed by atoms with Crippen LogP contribution in [0.25, 0.3) is 0 Å². The van der Waals surface area contributed by atoms with Crippen molar-refractivity contribution in [2.45, 2.75) is 35.6 Å². The largest absolute Gasteiger partial charge is 0.394 e. The molecule has 5 nitrogen and oxygen atoms in total. The van der Waals surface area contributed by atoms with Gasteiger partial charge >= 0.3 is 0 Å². The number of aliphatic hydroxyl groups is 4. The van der Waals surface area contributed by atoms with Gasteiger partial charge in [0.15, 0.2) is 0 Å². The SMILES string of the molecule is OC[C@H]1O[C@@H](SCc2ccccc2Cl)[C@H](O)[C@@H](O)[C@@H]1O. The average Bonchev–Trinajstić information content (AvgIpc) is 2.46. The van der Waals surface area contributed by atoms with Gasteiger partial charge in [-0.2, -0.15) is 0 Å². The molecule has 20 heavy (non-hydrogen) atoms. The molecule has 0 saturated carbocycles. The number of hydrogen-bond acceptors (Lipinski definition) is 6. The molecule has 1 aromatic carbocycles. The molecule has 5 atom stereocenters. The van der Waals surface area contributed by atoms with Gasteiger partial charge in [0.05, 0.1) is 6.61 Å². The topological polar surface area (TPSA) is 90.2 Å². The van der Waals surface area contributed by atoms with E-state index in [9.17, 15) is 15.3 Å². The van der Waals surface area contributed by atoms with E-state index in [2.05, 4.69) is 0 Å². The Balaban J connectivity index is 2.00. The van der Waals surface area contributed by atoms with Gasteiger partial charge in [-0.05, 0) is 11.6 Å². The number of benzene rings is 1. The van der Waals surface area contributed by atoms with Crippen LogP contribution in [0.4, 0.5) is 0 Å². The van der Waals surface area contributed by atoms with Gasteiger partial charge in [-0.3, -0.25) is 0 Å². The van der Waals surface area contributed by atoms with Crippen LogP contribution in [0.15, 0.2) is 24.3 Å². The van der Waals surface area contributed by atoms with Crippen LogP contribution in [0.1, 0.15) is 5.56 Å². The van der Waals surface area contributed by atoms with Gasteiger partial charge in [0.2, 0.25) is 0 Å². The van der Waals surface area contributed by atoms with Crippen LogP contribution in [-0.2, 0) is 10.5 Å².